The highest BCUT2D eigenvalue weighted by Gasteiger charge is 2.27. The molecule has 0 aliphatic heterocycles. The Morgan fingerprint density at radius 1 is 0.545 bits per heavy atom. The van der Waals surface area contributed by atoms with Crippen molar-refractivity contribution in [2.75, 3.05) is 0 Å². The Bertz CT molecular complexity index is 662. The topological polar surface area (TPSA) is 55.4 Å². The van der Waals surface area contributed by atoms with Crippen LogP contribution in [0.25, 0.3) is 0 Å². The largest absolute Gasteiger partial charge is 0.231 e. The molecule has 0 atom stereocenters. The Morgan fingerprint density at radius 2 is 0.848 bits per heavy atom. The van der Waals surface area contributed by atoms with Gasteiger partial charge in [-0.25, -0.2) is 29.3 Å². The van der Waals surface area contributed by atoms with Crippen LogP contribution >= 0.6 is 0 Å². The highest BCUT2D eigenvalue weighted by Crippen LogP contribution is 2.26. The molecule has 0 spiro atoms. The van der Waals surface area contributed by atoms with Crippen LogP contribution in [0.15, 0.2) is 18.2 Å². The Morgan fingerprint density at radius 3 is 1.15 bits per heavy atom. The van der Waals surface area contributed by atoms with Crippen LogP contribution in [0.1, 0.15) is 99.8 Å². The van der Waals surface area contributed by atoms with Crippen molar-refractivity contribution < 1.29 is 29.3 Å². The molecule has 0 heterocycles. The Hall–Kier alpha value is -1.02. The molecule has 0 aliphatic rings. The van der Waals surface area contributed by atoms with Gasteiger partial charge in [0.25, 0.3) is 0 Å². The smallest absolute Gasteiger partial charge is 0.108 e. The minimum Gasteiger partial charge on any atom is -0.231 e. The number of benzene rings is 1. The van der Waals surface area contributed by atoms with Gasteiger partial charge in [-0.3, -0.25) is 0 Å². The first kappa shape index (κ1) is 30.0. The van der Waals surface area contributed by atoms with Gasteiger partial charge in [0.1, 0.15) is 36.6 Å². The summed E-state index contributed by atoms with van der Waals surface area (Å²) < 4.78 is 0. The van der Waals surface area contributed by atoms with E-state index in [4.69, 9.17) is 29.3 Å². The van der Waals surface area contributed by atoms with Crippen molar-refractivity contribution in [1.82, 2.24) is 0 Å². The van der Waals surface area contributed by atoms with E-state index in [1.54, 1.807) is 0 Å². The lowest BCUT2D eigenvalue weighted by Crippen LogP contribution is -2.31. The van der Waals surface area contributed by atoms with Crippen LogP contribution in [0, 0.1) is 17.8 Å². The van der Waals surface area contributed by atoms with Crippen molar-refractivity contribution in [1.29, 1.82) is 0 Å². The molecule has 0 unspecified atom stereocenters. The highest BCUT2D eigenvalue weighted by molar-refractivity contribution is 5.34. The molecule has 0 fully saturated rings. The van der Waals surface area contributed by atoms with Crippen molar-refractivity contribution in [2.24, 2.45) is 17.8 Å². The molecule has 0 N–H and O–H groups in total. The van der Waals surface area contributed by atoms with Crippen LogP contribution in [0.2, 0.25) is 0 Å². The molecular formula is C27H48O6. The molecular weight excluding hydrogens is 420 g/mol. The van der Waals surface area contributed by atoms with Gasteiger partial charge in [-0.2, -0.15) is 0 Å². The summed E-state index contributed by atoms with van der Waals surface area (Å²) in [6.07, 6.45) is 0. The second-order valence-electron chi connectivity index (χ2n) is 11.4. The van der Waals surface area contributed by atoms with Gasteiger partial charge < -0.3 is 0 Å². The maximum atomic E-state index is 5.74. The predicted octanol–water partition coefficient (Wildman–Crippen LogP) is 7.34. The van der Waals surface area contributed by atoms with Crippen LogP contribution in [0.4, 0.5) is 0 Å². The molecule has 33 heavy (non-hydrogen) atoms. The minimum absolute atomic E-state index is 0.259. The minimum atomic E-state index is -0.406. The van der Waals surface area contributed by atoms with Gasteiger partial charge in [-0.15, -0.1) is 0 Å². The fourth-order valence-corrected chi connectivity index (χ4v) is 2.16. The number of hydrogen-bond donors (Lipinski definition) is 0. The first-order chi connectivity index (χ1) is 15.1. The zero-order valence-corrected chi connectivity index (χ0v) is 23.0. The van der Waals surface area contributed by atoms with E-state index in [9.17, 15) is 0 Å². The second-order valence-corrected chi connectivity index (χ2v) is 11.4. The third-order valence-corrected chi connectivity index (χ3v) is 6.99. The third kappa shape index (κ3) is 9.63. The summed E-state index contributed by atoms with van der Waals surface area (Å²) >= 11 is 0. The molecule has 0 bridgehead atoms. The SMILES string of the molecule is CC(C)C(C)(C)OOCc1cccc(COOC(C)(C)C(C)C)c1COOC(C)(C)C(C)C. The van der Waals surface area contributed by atoms with E-state index < -0.39 is 16.8 Å². The number of rotatable bonds is 15. The second kappa shape index (κ2) is 12.6. The fraction of sp³-hybridized carbons (Fsp3) is 0.778. The average molecular weight is 469 g/mol. The molecule has 6 nitrogen and oxygen atoms in total. The van der Waals surface area contributed by atoms with Gasteiger partial charge in [0.2, 0.25) is 0 Å². The summed E-state index contributed by atoms with van der Waals surface area (Å²) in [5, 5.41) is 0. The fourth-order valence-electron chi connectivity index (χ4n) is 2.16. The standard InChI is InChI=1S/C27H48O6/c1-19(2)25(7,8)31-28-16-22-14-13-15-23(17-29-32-26(9,10)20(3)4)24(22)18-30-33-27(11,12)21(5)6/h13-15,19-21H,16-18H2,1-12H3. The van der Waals surface area contributed by atoms with Crippen LogP contribution in [0.5, 0.6) is 0 Å². The molecule has 0 saturated heterocycles. The van der Waals surface area contributed by atoms with Crippen molar-refractivity contribution in [3.63, 3.8) is 0 Å². The van der Waals surface area contributed by atoms with Gasteiger partial charge >= 0.3 is 0 Å². The van der Waals surface area contributed by atoms with E-state index in [1.165, 1.54) is 0 Å². The van der Waals surface area contributed by atoms with Crippen LogP contribution in [-0.4, -0.2) is 16.8 Å². The van der Waals surface area contributed by atoms with E-state index >= 15 is 0 Å². The predicted molar refractivity (Wildman–Crippen MR) is 131 cm³/mol. The van der Waals surface area contributed by atoms with Crippen molar-refractivity contribution >= 4 is 0 Å². The summed E-state index contributed by atoms with van der Waals surface area (Å²) in [5.41, 5.74) is 1.65. The lowest BCUT2D eigenvalue weighted by atomic mass is 9.95. The molecule has 0 saturated carbocycles. The van der Waals surface area contributed by atoms with Gasteiger partial charge in [-0.05, 0) is 76.0 Å². The Labute approximate surface area is 202 Å². The maximum absolute atomic E-state index is 5.74. The normalized spacial score (nSPS) is 13.5. The van der Waals surface area contributed by atoms with Gasteiger partial charge in [-0.1, -0.05) is 59.7 Å². The van der Waals surface area contributed by atoms with Crippen molar-refractivity contribution in [3.05, 3.63) is 34.9 Å². The monoisotopic (exact) mass is 468 g/mol. The van der Waals surface area contributed by atoms with E-state index in [0.717, 1.165) is 16.7 Å². The Balaban J connectivity index is 2.98. The average Bonchev–Trinajstić information content (AvgIpc) is 2.68. The lowest BCUT2D eigenvalue weighted by molar-refractivity contribution is -0.375. The van der Waals surface area contributed by atoms with Gasteiger partial charge in [0.05, 0.1) is 0 Å². The Kier molecular flexibility index (Phi) is 11.5. The maximum Gasteiger partial charge on any atom is 0.108 e. The first-order valence-electron chi connectivity index (χ1n) is 12.1. The zero-order chi connectivity index (χ0) is 25.4. The van der Waals surface area contributed by atoms with Gasteiger partial charge in [0, 0.05) is 0 Å². The summed E-state index contributed by atoms with van der Waals surface area (Å²) in [5.74, 6) is 0.929. The molecule has 6 heteroatoms. The molecule has 0 aliphatic carbocycles. The van der Waals surface area contributed by atoms with E-state index in [-0.39, 0.29) is 19.8 Å². The highest BCUT2D eigenvalue weighted by atomic mass is 17.2. The summed E-state index contributed by atoms with van der Waals surface area (Å²) in [6.45, 7) is 25.5. The quantitative estimate of drug-likeness (QED) is 0.198. The third-order valence-electron chi connectivity index (χ3n) is 6.99. The van der Waals surface area contributed by atoms with E-state index in [0.29, 0.717) is 17.8 Å². The molecule has 1 rings (SSSR count). The summed E-state index contributed by atoms with van der Waals surface area (Å²) in [6, 6.07) is 5.97. The first-order valence-corrected chi connectivity index (χ1v) is 12.1. The van der Waals surface area contributed by atoms with Crippen molar-refractivity contribution in [2.45, 2.75) is 120 Å². The van der Waals surface area contributed by atoms with Crippen LogP contribution in [-0.2, 0) is 49.1 Å². The summed E-state index contributed by atoms with van der Waals surface area (Å²) in [7, 11) is 0. The molecule has 0 aromatic heterocycles. The van der Waals surface area contributed by atoms with Crippen LogP contribution in [0.3, 0.4) is 0 Å². The number of hydrogen-bond acceptors (Lipinski definition) is 6. The zero-order valence-electron chi connectivity index (χ0n) is 23.0. The van der Waals surface area contributed by atoms with E-state index in [1.807, 2.05) is 59.7 Å². The molecule has 0 radical (unpaired) electrons. The van der Waals surface area contributed by atoms with E-state index in [2.05, 4.69) is 41.5 Å². The summed E-state index contributed by atoms with van der Waals surface area (Å²) in [4.78, 5) is 34.2. The van der Waals surface area contributed by atoms with Crippen LogP contribution < -0.4 is 0 Å². The van der Waals surface area contributed by atoms with Gasteiger partial charge in [0.15, 0.2) is 0 Å². The molecule has 1 aromatic rings. The van der Waals surface area contributed by atoms with Crippen molar-refractivity contribution in [3.8, 4) is 0 Å². The molecule has 0 amide bonds. The molecule has 192 valence electrons. The lowest BCUT2D eigenvalue weighted by Gasteiger charge is -2.29. The molecule has 1 aromatic carbocycles.